The zero-order chi connectivity index (χ0) is 8.10. The van der Waals surface area contributed by atoms with E-state index in [1.165, 1.54) is 13.3 Å². The van der Waals surface area contributed by atoms with Crippen LogP contribution in [0.15, 0.2) is 0 Å². The maximum Gasteiger partial charge on any atom is 0.216 e. The first-order chi connectivity index (χ1) is 5.29. The fraction of sp³-hybridized carbons (Fsp3) is 0.875. The molecule has 1 amide bonds. The Hall–Kier alpha value is -0.570. The molecule has 1 aliphatic rings. The van der Waals surface area contributed by atoms with Gasteiger partial charge in [-0.2, -0.15) is 0 Å². The molecule has 1 unspecified atom stereocenters. The van der Waals surface area contributed by atoms with Crippen LogP contribution < -0.4 is 5.32 Å². The lowest BCUT2D eigenvalue weighted by atomic mass is 10.1. The maximum atomic E-state index is 10.5. The van der Waals surface area contributed by atoms with Crippen molar-refractivity contribution in [2.45, 2.75) is 32.3 Å². The summed E-state index contributed by atoms with van der Waals surface area (Å²) in [6, 6.07) is 0. The molecule has 0 aromatic rings. The van der Waals surface area contributed by atoms with E-state index in [2.05, 4.69) is 5.32 Å². The maximum absolute atomic E-state index is 10.5. The van der Waals surface area contributed by atoms with E-state index < -0.39 is 0 Å². The molecule has 0 bridgehead atoms. The van der Waals surface area contributed by atoms with Gasteiger partial charge >= 0.3 is 0 Å². The molecule has 0 aromatic carbocycles. The van der Waals surface area contributed by atoms with E-state index in [1.54, 1.807) is 0 Å². The summed E-state index contributed by atoms with van der Waals surface area (Å²) in [5.41, 5.74) is 0. The number of amides is 1. The van der Waals surface area contributed by atoms with E-state index in [9.17, 15) is 4.79 Å². The molecule has 1 N–H and O–H groups in total. The highest BCUT2D eigenvalue weighted by molar-refractivity contribution is 5.72. The van der Waals surface area contributed by atoms with Gasteiger partial charge in [-0.05, 0) is 19.3 Å². The predicted molar refractivity (Wildman–Crippen MR) is 42.3 cm³/mol. The molecule has 1 atom stereocenters. The topological polar surface area (TPSA) is 38.3 Å². The Labute approximate surface area is 67.1 Å². The summed E-state index contributed by atoms with van der Waals surface area (Å²) in [5.74, 6) is 0.0270. The second kappa shape index (κ2) is 4.34. The molecule has 1 fully saturated rings. The van der Waals surface area contributed by atoms with Crippen LogP contribution >= 0.6 is 0 Å². The van der Waals surface area contributed by atoms with Gasteiger partial charge in [-0.1, -0.05) is 0 Å². The van der Waals surface area contributed by atoms with Crippen LogP contribution in [0.25, 0.3) is 0 Å². The fourth-order valence-electron chi connectivity index (χ4n) is 1.23. The molecule has 0 radical (unpaired) electrons. The van der Waals surface area contributed by atoms with Crippen molar-refractivity contribution >= 4 is 5.91 Å². The van der Waals surface area contributed by atoms with E-state index in [0.717, 1.165) is 19.4 Å². The number of ether oxygens (including phenoxy) is 1. The summed E-state index contributed by atoms with van der Waals surface area (Å²) in [5, 5.41) is 2.75. The number of rotatable bonds is 2. The Kier molecular flexibility index (Phi) is 3.36. The van der Waals surface area contributed by atoms with Crippen LogP contribution in [-0.2, 0) is 9.53 Å². The summed E-state index contributed by atoms with van der Waals surface area (Å²) in [6.07, 6.45) is 3.73. The van der Waals surface area contributed by atoms with Crippen LogP contribution in [0.1, 0.15) is 26.2 Å². The van der Waals surface area contributed by atoms with Gasteiger partial charge in [0.2, 0.25) is 5.91 Å². The predicted octanol–water partition coefficient (Wildman–Crippen LogP) is 0.692. The largest absolute Gasteiger partial charge is 0.376 e. The average Bonchev–Trinajstić information content (AvgIpc) is 2.03. The van der Waals surface area contributed by atoms with Crippen LogP contribution in [0.3, 0.4) is 0 Å². The number of nitrogens with one attached hydrogen (secondary N) is 1. The van der Waals surface area contributed by atoms with Crippen molar-refractivity contribution in [1.29, 1.82) is 0 Å². The van der Waals surface area contributed by atoms with Gasteiger partial charge in [0, 0.05) is 20.1 Å². The second-order valence-corrected chi connectivity index (χ2v) is 2.93. The van der Waals surface area contributed by atoms with Crippen LogP contribution in [0.4, 0.5) is 0 Å². The van der Waals surface area contributed by atoms with Crippen molar-refractivity contribution in [2.24, 2.45) is 0 Å². The van der Waals surface area contributed by atoms with E-state index >= 15 is 0 Å². The van der Waals surface area contributed by atoms with Gasteiger partial charge < -0.3 is 10.1 Å². The van der Waals surface area contributed by atoms with Gasteiger partial charge in [0.25, 0.3) is 0 Å². The minimum Gasteiger partial charge on any atom is -0.376 e. The van der Waals surface area contributed by atoms with Crippen molar-refractivity contribution < 1.29 is 9.53 Å². The van der Waals surface area contributed by atoms with E-state index in [-0.39, 0.29) is 12.0 Å². The zero-order valence-electron chi connectivity index (χ0n) is 6.93. The van der Waals surface area contributed by atoms with Crippen molar-refractivity contribution in [2.75, 3.05) is 13.2 Å². The van der Waals surface area contributed by atoms with Gasteiger partial charge in [-0.25, -0.2) is 0 Å². The van der Waals surface area contributed by atoms with E-state index in [0.29, 0.717) is 6.54 Å². The first-order valence-electron chi connectivity index (χ1n) is 4.15. The monoisotopic (exact) mass is 157 g/mol. The van der Waals surface area contributed by atoms with Crippen LogP contribution in [0.2, 0.25) is 0 Å². The molecule has 1 rings (SSSR count). The van der Waals surface area contributed by atoms with Gasteiger partial charge in [-0.3, -0.25) is 4.79 Å². The molecular weight excluding hydrogens is 142 g/mol. The first kappa shape index (κ1) is 8.53. The number of carbonyl (C=O) groups is 1. The highest BCUT2D eigenvalue weighted by Gasteiger charge is 2.13. The molecule has 0 aromatic heterocycles. The summed E-state index contributed by atoms with van der Waals surface area (Å²) in [6.45, 7) is 3.06. The molecule has 0 aliphatic carbocycles. The third kappa shape index (κ3) is 3.37. The van der Waals surface area contributed by atoms with Gasteiger partial charge in [0.15, 0.2) is 0 Å². The molecule has 1 heterocycles. The van der Waals surface area contributed by atoms with Crippen LogP contribution in [0.5, 0.6) is 0 Å². The second-order valence-electron chi connectivity index (χ2n) is 2.93. The van der Waals surface area contributed by atoms with Crippen LogP contribution in [-0.4, -0.2) is 25.2 Å². The minimum absolute atomic E-state index is 0.0270. The van der Waals surface area contributed by atoms with Gasteiger partial charge in [-0.15, -0.1) is 0 Å². The van der Waals surface area contributed by atoms with Crippen molar-refractivity contribution in [3.8, 4) is 0 Å². The lowest BCUT2D eigenvalue weighted by Gasteiger charge is -2.22. The van der Waals surface area contributed by atoms with E-state index in [1.807, 2.05) is 0 Å². The zero-order valence-corrected chi connectivity index (χ0v) is 6.93. The van der Waals surface area contributed by atoms with Crippen molar-refractivity contribution in [1.82, 2.24) is 5.32 Å². The molecule has 1 saturated heterocycles. The standard InChI is InChI=1S/C8H15NO2/c1-7(10)9-6-8-4-2-3-5-11-8/h8H,2-6H2,1H3,(H,9,10). The lowest BCUT2D eigenvalue weighted by Crippen LogP contribution is -2.34. The first-order valence-corrected chi connectivity index (χ1v) is 4.15. The quantitative estimate of drug-likeness (QED) is 0.640. The molecule has 3 nitrogen and oxygen atoms in total. The molecular formula is C8H15NO2. The molecule has 64 valence electrons. The average molecular weight is 157 g/mol. The number of hydrogen-bond donors (Lipinski definition) is 1. The Morgan fingerprint density at radius 3 is 3.00 bits per heavy atom. The fourth-order valence-corrected chi connectivity index (χ4v) is 1.23. The Balaban J connectivity index is 2.09. The molecule has 1 aliphatic heterocycles. The van der Waals surface area contributed by atoms with Crippen molar-refractivity contribution in [3.05, 3.63) is 0 Å². The smallest absolute Gasteiger partial charge is 0.216 e. The third-order valence-electron chi connectivity index (χ3n) is 1.85. The van der Waals surface area contributed by atoms with Crippen LogP contribution in [0, 0.1) is 0 Å². The summed E-state index contributed by atoms with van der Waals surface area (Å²) < 4.78 is 5.41. The molecule has 0 saturated carbocycles. The Morgan fingerprint density at radius 2 is 2.45 bits per heavy atom. The minimum atomic E-state index is 0.0270. The molecule has 11 heavy (non-hydrogen) atoms. The lowest BCUT2D eigenvalue weighted by molar-refractivity contribution is -0.119. The Morgan fingerprint density at radius 1 is 1.64 bits per heavy atom. The molecule has 3 heteroatoms. The third-order valence-corrected chi connectivity index (χ3v) is 1.85. The van der Waals surface area contributed by atoms with Gasteiger partial charge in [0.05, 0.1) is 6.10 Å². The SMILES string of the molecule is CC(=O)NCC1CCCCO1. The number of carbonyl (C=O) groups excluding carboxylic acids is 1. The highest BCUT2D eigenvalue weighted by atomic mass is 16.5. The molecule has 0 spiro atoms. The normalized spacial score (nSPS) is 24.6. The summed E-state index contributed by atoms with van der Waals surface area (Å²) in [7, 11) is 0. The summed E-state index contributed by atoms with van der Waals surface area (Å²) >= 11 is 0. The van der Waals surface area contributed by atoms with E-state index in [4.69, 9.17) is 4.74 Å². The van der Waals surface area contributed by atoms with Gasteiger partial charge in [0.1, 0.15) is 0 Å². The highest BCUT2D eigenvalue weighted by Crippen LogP contribution is 2.11. The number of hydrogen-bond acceptors (Lipinski definition) is 2. The summed E-state index contributed by atoms with van der Waals surface area (Å²) in [4.78, 5) is 10.5. The van der Waals surface area contributed by atoms with Crippen molar-refractivity contribution in [3.63, 3.8) is 0 Å². The Bertz CT molecular complexity index is 130.